The van der Waals surface area contributed by atoms with Gasteiger partial charge in [0.1, 0.15) is 5.82 Å². The van der Waals surface area contributed by atoms with E-state index >= 15 is 0 Å². The first-order valence-corrected chi connectivity index (χ1v) is 3.48. The molecular weight excluding hydrogens is 174 g/mol. The number of anilines is 1. The minimum absolute atomic E-state index is 0.0949. The van der Waals surface area contributed by atoms with Gasteiger partial charge in [-0.3, -0.25) is 0 Å². The Balaban J connectivity index is 2.83. The zero-order chi connectivity index (χ0) is 9.84. The summed E-state index contributed by atoms with van der Waals surface area (Å²) in [5.74, 6) is 0.713. The maximum atomic E-state index is 10.7. The van der Waals surface area contributed by atoms with Crippen LogP contribution in [0.5, 0.6) is 5.75 Å². The van der Waals surface area contributed by atoms with Crippen LogP contribution in [0.25, 0.3) is 0 Å². The topological polar surface area (TPSA) is 87.3 Å². The van der Waals surface area contributed by atoms with Crippen LogP contribution in [0.4, 0.5) is 10.6 Å². The number of aryl methyl sites for hydroxylation is 1. The highest BCUT2D eigenvalue weighted by Gasteiger charge is 2.08. The molecule has 1 heterocycles. The predicted molar refractivity (Wildman–Crippen MR) is 44.2 cm³/mol. The smallest absolute Gasteiger partial charge is 0.437 e. The summed E-state index contributed by atoms with van der Waals surface area (Å²) in [6.07, 6.45) is 0.466. The Morgan fingerprint density at radius 2 is 2.31 bits per heavy atom. The van der Waals surface area contributed by atoms with Crippen molar-refractivity contribution in [2.24, 2.45) is 0 Å². The number of methoxy groups -OCH3 is 1. The molecule has 1 aromatic rings. The van der Waals surface area contributed by atoms with Crippen LogP contribution in [0.1, 0.15) is 5.82 Å². The molecule has 0 aromatic carbocycles. The van der Waals surface area contributed by atoms with E-state index in [2.05, 4.69) is 19.4 Å². The Hall–Kier alpha value is -1.85. The van der Waals surface area contributed by atoms with E-state index in [9.17, 15) is 4.79 Å². The van der Waals surface area contributed by atoms with Crippen molar-refractivity contribution >= 4 is 12.0 Å². The largest absolute Gasteiger partial charge is 0.513 e. The number of nitrogens with zero attached hydrogens (tertiary/aromatic N) is 2. The third-order valence-electron chi connectivity index (χ3n) is 1.26. The predicted octanol–water partition coefficient (Wildman–Crippen LogP) is 0.512. The highest BCUT2D eigenvalue weighted by molar-refractivity contribution is 5.65. The lowest BCUT2D eigenvalue weighted by Gasteiger charge is -2.04. The van der Waals surface area contributed by atoms with Crippen LogP contribution in [0.2, 0.25) is 0 Å². The van der Waals surface area contributed by atoms with Gasteiger partial charge in [-0.25, -0.2) is 14.8 Å². The third-order valence-corrected chi connectivity index (χ3v) is 1.26. The molecule has 0 aliphatic heterocycles. The van der Waals surface area contributed by atoms with Gasteiger partial charge in [0.25, 0.3) is 0 Å². The van der Waals surface area contributed by atoms with E-state index in [0.717, 1.165) is 0 Å². The van der Waals surface area contributed by atoms with Crippen molar-refractivity contribution in [2.75, 3.05) is 12.8 Å². The van der Waals surface area contributed by atoms with E-state index in [1.54, 1.807) is 6.92 Å². The number of rotatable bonds is 1. The van der Waals surface area contributed by atoms with E-state index in [4.69, 9.17) is 5.73 Å². The van der Waals surface area contributed by atoms with Gasteiger partial charge in [-0.15, -0.1) is 0 Å². The summed E-state index contributed by atoms with van der Waals surface area (Å²) in [4.78, 5) is 18.3. The molecular formula is C7H9N3O3. The van der Waals surface area contributed by atoms with Crippen LogP contribution >= 0.6 is 0 Å². The van der Waals surface area contributed by atoms with Gasteiger partial charge in [-0.05, 0) is 6.92 Å². The summed E-state index contributed by atoms with van der Waals surface area (Å²) in [5.41, 5.74) is 5.44. The second-order valence-electron chi connectivity index (χ2n) is 2.22. The summed E-state index contributed by atoms with van der Waals surface area (Å²) >= 11 is 0. The zero-order valence-electron chi connectivity index (χ0n) is 7.27. The summed E-state index contributed by atoms with van der Waals surface area (Å²) in [7, 11) is 1.20. The zero-order valence-corrected chi connectivity index (χ0v) is 7.27. The Morgan fingerprint density at radius 3 is 2.85 bits per heavy atom. The van der Waals surface area contributed by atoms with Crippen molar-refractivity contribution in [1.82, 2.24) is 9.97 Å². The molecule has 0 spiro atoms. The number of hydrogen-bond acceptors (Lipinski definition) is 6. The molecule has 0 saturated heterocycles. The first-order valence-electron chi connectivity index (χ1n) is 3.48. The maximum absolute atomic E-state index is 10.7. The number of carbonyl (C=O) groups is 1. The van der Waals surface area contributed by atoms with E-state index in [-0.39, 0.29) is 11.6 Å². The Bertz CT molecular complexity index is 327. The highest BCUT2D eigenvalue weighted by Crippen LogP contribution is 2.16. The minimum Gasteiger partial charge on any atom is -0.437 e. The van der Waals surface area contributed by atoms with Gasteiger partial charge in [-0.1, -0.05) is 0 Å². The van der Waals surface area contributed by atoms with E-state index in [0.29, 0.717) is 5.82 Å². The van der Waals surface area contributed by atoms with Crippen molar-refractivity contribution in [1.29, 1.82) is 0 Å². The molecule has 2 N–H and O–H groups in total. The second kappa shape index (κ2) is 3.70. The number of nitrogen functional groups attached to an aromatic ring is 1. The molecule has 0 bridgehead atoms. The van der Waals surface area contributed by atoms with Crippen LogP contribution in [0, 0.1) is 6.92 Å². The monoisotopic (exact) mass is 183 g/mol. The number of ether oxygens (including phenoxy) is 2. The van der Waals surface area contributed by atoms with Gasteiger partial charge in [0.15, 0.2) is 11.6 Å². The summed E-state index contributed by atoms with van der Waals surface area (Å²) in [6.45, 7) is 1.68. The number of hydrogen-bond donors (Lipinski definition) is 1. The SMILES string of the molecule is COC(=O)Oc1cnc(C)nc1N. The third kappa shape index (κ3) is 2.29. The van der Waals surface area contributed by atoms with Gasteiger partial charge in [0.2, 0.25) is 0 Å². The lowest BCUT2D eigenvalue weighted by atomic mass is 10.5. The van der Waals surface area contributed by atoms with Gasteiger partial charge in [-0.2, -0.15) is 0 Å². The van der Waals surface area contributed by atoms with Gasteiger partial charge < -0.3 is 15.2 Å². The van der Waals surface area contributed by atoms with Gasteiger partial charge in [0, 0.05) is 0 Å². The molecule has 0 radical (unpaired) electrons. The fraction of sp³-hybridized carbons (Fsp3) is 0.286. The molecule has 0 aliphatic rings. The molecule has 70 valence electrons. The van der Waals surface area contributed by atoms with Crippen molar-refractivity contribution in [3.63, 3.8) is 0 Å². The number of nitrogens with two attached hydrogens (primary N) is 1. The van der Waals surface area contributed by atoms with E-state index < -0.39 is 6.16 Å². The van der Waals surface area contributed by atoms with Crippen molar-refractivity contribution in [2.45, 2.75) is 6.92 Å². The molecule has 0 amide bonds. The van der Waals surface area contributed by atoms with Crippen molar-refractivity contribution in [3.8, 4) is 5.75 Å². The molecule has 6 nitrogen and oxygen atoms in total. The quantitative estimate of drug-likeness (QED) is 0.638. The fourth-order valence-corrected chi connectivity index (χ4v) is 0.687. The van der Waals surface area contributed by atoms with Gasteiger partial charge in [0.05, 0.1) is 13.3 Å². The standard InChI is InChI=1S/C7H9N3O3/c1-4-9-3-5(6(8)10-4)13-7(11)12-2/h3H,1-2H3,(H2,8,9,10). The van der Waals surface area contributed by atoms with E-state index in [1.807, 2.05) is 0 Å². The molecule has 0 aliphatic carbocycles. The average Bonchev–Trinajstić information content (AvgIpc) is 2.09. The first-order chi connectivity index (χ1) is 6.13. The molecule has 1 rings (SSSR count). The maximum Gasteiger partial charge on any atom is 0.513 e. The first kappa shape index (κ1) is 9.24. The molecule has 0 fully saturated rings. The van der Waals surface area contributed by atoms with Crippen molar-refractivity contribution < 1.29 is 14.3 Å². The number of aromatic nitrogens is 2. The van der Waals surface area contributed by atoms with Crippen LogP contribution in [0.3, 0.4) is 0 Å². The van der Waals surface area contributed by atoms with Crippen LogP contribution in [0.15, 0.2) is 6.20 Å². The normalized spacial score (nSPS) is 9.38. The van der Waals surface area contributed by atoms with Crippen LogP contribution < -0.4 is 10.5 Å². The average molecular weight is 183 g/mol. The Labute approximate surface area is 74.7 Å². The summed E-state index contributed by atoms with van der Waals surface area (Å²) in [5, 5.41) is 0. The molecule has 13 heavy (non-hydrogen) atoms. The summed E-state index contributed by atoms with van der Waals surface area (Å²) in [6, 6.07) is 0. The van der Waals surface area contributed by atoms with Crippen molar-refractivity contribution in [3.05, 3.63) is 12.0 Å². The molecule has 0 saturated carbocycles. The Kier molecular flexibility index (Phi) is 2.63. The Morgan fingerprint density at radius 1 is 1.62 bits per heavy atom. The van der Waals surface area contributed by atoms with Gasteiger partial charge >= 0.3 is 6.16 Å². The molecule has 0 atom stereocenters. The molecule has 0 unspecified atom stereocenters. The second-order valence-corrected chi connectivity index (χ2v) is 2.22. The fourth-order valence-electron chi connectivity index (χ4n) is 0.687. The minimum atomic E-state index is -0.848. The molecule has 6 heteroatoms. The lowest BCUT2D eigenvalue weighted by molar-refractivity contribution is 0.121. The lowest BCUT2D eigenvalue weighted by Crippen LogP contribution is -2.10. The van der Waals surface area contributed by atoms with Crippen LogP contribution in [-0.2, 0) is 4.74 Å². The summed E-state index contributed by atoms with van der Waals surface area (Å²) < 4.78 is 8.91. The van der Waals surface area contributed by atoms with E-state index in [1.165, 1.54) is 13.3 Å². The molecule has 1 aromatic heterocycles. The highest BCUT2D eigenvalue weighted by atomic mass is 16.7. The number of carbonyl (C=O) groups excluding carboxylic acids is 1. The van der Waals surface area contributed by atoms with Crippen LogP contribution in [-0.4, -0.2) is 23.2 Å².